The molecular weight excluding hydrogens is 483 g/mol. The SMILES string of the molecule is O=C(Br)c1ccccc1C(=O)CCOc1ccc(Cl)c(CBr)c1Cl. The molecule has 0 aliphatic carbocycles. The van der Waals surface area contributed by atoms with Crippen molar-refractivity contribution >= 4 is 65.5 Å². The molecule has 0 aromatic heterocycles. The third-order valence-corrected chi connectivity index (χ3v) is 5.07. The predicted octanol–water partition coefficient (Wildman–Crippen LogP) is 6.08. The van der Waals surface area contributed by atoms with Gasteiger partial charge in [0.1, 0.15) is 5.75 Å². The summed E-state index contributed by atoms with van der Waals surface area (Å²) in [5, 5.41) is 1.47. The molecule has 2 rings (SSSR count). The number of benzene rings is 2. The first-order valence-corrected chi connectivity index (χ1v) is 9.60. The van der Waals surface area contributed by atoms with Crippen LogP contribution < -0.4 is 4.74 Å². The van der Waals surface area contributed by atoms with E-state index in [0.29, 0.717) is 32.3 Å². The standard InChI is InChI=1S/C17H12Br2Cl2O3/c18-9-12-13(20)5-6-15(16(12)21)24-8-7-14(22)10-3-1-2-4-11(10)17(19)23/h1-6H,7-9H2. The molecule has 0 amide bonds. The monoisotopic (exact) mass is 492 g/mol. The molecular formula is C17H12Br2Cl2O3. The fourth-order valence-electron chi connectivity index (χ4n) is 2.10. The zero-order valence-corrected chi connectivity index (χ0v) is 17.0. The van der Waals surface area contributed by atoms with E-state index in [1.165, 1.54) is 0 Å². The number of hydrogen-bond donors (Lipinski definition) is 0. The summed E-state index contributed by atoms with van der Waals surface area (Å²) >= 11 is 18.5. The molecule has 126 valence electrons. The van der Waals surface area contributed by atoms with Crippen molar-refractivity contribution in [1.82, 2.24) is 0 Å². The van der Waals surface area contributed by atoms with Gasteiger partial charge >= 0.3 is 0 Å². The fraction of sp³-hybridized carbons (Fsp3) is 0.176. The lowest BCUT2D eigenvalue weighted by atomic mass is 10.0. The highest BCUT2D eigenvalue weighted by molar-refractivity contribution is 9.18. The van der Waals surface area contributed by atoms with Crippen molar-refractivity contribution in [3.63, 3.8) is 0 Å². The van der Waals surface area contributed by atoms with Gasteiger partial charge in [0.15, 0.2) is 5.78 Å². The minimum Gasteiger partial charge on any atom is -0.492 e. The van der Waals surface area contributed by atoms with Gasteiger partial charge in [0.05, 0.1) is 11.6 Å². The van der Waals surface area contributed by atoms with E-state index in [9.17, 15) is 9.59 Å². The summed E-state index contributed by atoms with van der Waals surface area (Å²) in [6.07, 6.45) is 0.125. The summed E-state index contributed by atoms with van der Waals surface area (Å²) in [5.41, 5.74) is 1.44. The Balaban J connectivity index is 2.05. The molecule has 0 radical (unpaired) electrons. The van der Waals surface area contributed by atoms with Crippen LogP contribution in [0, 0.1) is 0 Å². The van der Waals surface area contributed by atoms with E-state index < -0.39 is 0 Å². The molecule has 0 spiro atoms. The summed E-state index contributed by atoms with van der Waals surface area (Å²) in [7, 11) is 0. The van der Waals surface area contributed by atoms with Crippen molar-refractivity contribution in [1.29, 1.82) is 0 Å². The Labute approximate surface area is 166 Å². The quantitative estimate of drug-likeness (QED) is 0.266. The third-order valence-electron chi connectivity index (χ3n) is 3.31. The van der Waals surface area contributed by atoms with Gasteiger partial charge in [-0.05, 0) is 34.1 Å². The number of Topliss-reactive ketones (excluding diaryl/α,β-unsaturated/α-hetero) is 1. The van der Waals surface area contributed by atoms with Crippen molar-refractivity contribution < 1.29 is 14.3 Å². The van der Waals surface area contributed by atoms with Crippen molar-refractivity contribution in [2.75, 3.05) is 6.61 Å². The Morgan fingerprint density at radius 3 is 2.33 bits per heavy atom. The molecule has 2 aromatic rings. The lowest BCUT2D eigenvalue weighted by molar-refractivity contribution is 0.0955. The highest BCUT2D eigenvalue weighted by Gasteiger charge is 2.16. The minimum absolute atomic E-state index is 0.125. The van der Waals surface area contributed by atoms with Crippen molar-refractivity contribution in [2.45, 2.75) is 11.8 Å². The van der Waals surface area contributed by atoms with Gasteiger partial charge in [-0.15, -0.1) is 0 Å². The largest absolute Gasteiger partial charge is 0.492 e. The molecule has 0 bridgehead atoms. The van der Waals surface area contributed by atoms with E-state index in [4.69, 9.17) is 27.9 Å². The third kappa shape index (κ3) is 4.60. The lowest BCUT2D eigenvalue weighted by Crippen LogP contribution is -2.10. The second-order valence-electron chi connectivity index (χ2n) is 4.81. The van der Waals surface area contributed by atoms with Crippen LogP contribution in [-0.4, -0.2) is 17.1 Å². The van der Waals surface area contributed by atoms with Gasteiger partial charge in [-0.2, -0.15) is 0 Å². The van der Waals surface area contributed by atoms with Crippen LogP contribution in [0.3, 0.4) is 0 Å². The average Bonchev–Trinajstić information content (AvgIpc) is 2.57. The van der Waals surface area contributed by atoms with Crippen LogP contribution in [0.1, 0.15) is 32.7 Å². The minimum atomic E-state index is -0.324. The van der Waals surface area contributed by atoms with E-state index >= 15 is 0 Å². The number of halogens is 4. The molecule has 0 unspecified atom stereocenters. The summed E-state index contributed by atoms with van der Waals surface area (Å²) in [4.78, 5) is 23.8. The molecule has 3 nitrogen and oxygen atoms in total. The molecule has 0 fully saturated rings. The van der Waals surface area contributed by atoms with Gasteiger partial charge in [-0.1, -0.05) is 57.3 Å². The molecule has 0 saturated heterocycles. The van der Waals surface area contributed by atoms with E-state index in [-0.39, 0.29) is 23.5 Å². The van der Waals surface area contributed by atoms with Crippen LogP contribution in [0.25, 0.3) is 0 Å². The molecule has 2 aromatic carbocycles. The Morgan fingerprint density at radius 1 is 1.04 bits per heavy atom. The first kappa shape index (κ1) is 19.4. The number of ether oxygens (including phenoxy) is 1. The Bertz CT molecular complexity index is 778. The van der Waals surface area contributed by atoms with Crippen molar-refractivity contribution in [2.24, 2.45) is 0 Å². The van der Waals surface area contributed by atoms with Crippen LogP contribution in [0.4, 0.5) is 0 Å². The average molecular weight is 495 g/mol. The van der Waals surface area contributed by atoms with Gasteiger partial charge in [0.25, 0.3) is 0 Å². The zero-order chi connectivity index (χ0) is 17.7. The number of carbonyl (C=O) groups is 2. The molecule has 0 aliphatic heterocycles. The number of carbonyl (C=O) groups excluding carboxylic acids is 2. The smallest absolute Gasteiger partial charge is 0.228 e. The molecule has 0 heterocycles. The van der Waals surface area contributed by atoms with E-state index in [1.54, 1.807) is 36.4 Å². The molecule has 7 heteroatoms. The maximum Gasteiger partial charge on any atom is 0.228 e. The summed E-state index contributed by atoms with van der Waals surface area (Å²) in [6, 6.07) is 10.00. The molecule has 0 N–H and O–H groups in total. The summed E-state index contributed by atoms with van der Waals surface area (Å²) < 4.78 is 5.27. The fourth-order valence-corrected chi connectivity index (χ4v) is 3.91. The van der Waals surface area contributed by atoms with Crippen molar-refractivity contribution in [3.8, 4) is 5.75 Å². The second-order valence-corrected chi connectivity index (χ2v) is 6.88. The van der Waals surface area contributed by atoms with E-state index in [1.807, 2.05) is 0 Å². The first-order chi connectivity index (χ1) is 11.5. The maximum atomic E-state index is 12.3. The Kier molecular flexibility index (Phi) is 7.29. The molecule has 0 aliphatic rings. The molecule has 24 heavy (non-hydrogen) atoms. The number of ketones is 1. The van der Waals surface area contributed by atoms with Gasteiger partial charge in [-0.3, -0.25) is 9.59 Å². The summed E-state index contributed by atoms with van der Waals surface area (Å²) in [6.45, 7) is 0.146. The van der Waals surface area contributed by atoms with Crippen LogP contribution in [-0.2, 0) is 5.33 Å². The normalized spacial score (nSPS) is 10.5. The first-order valence-electron chi connectivity index (χ1n) is 6.93. The predicted molar refractivity (Wildman–Crippen MR) is 103 cm³/mol. The van der Waals surface area contributed by atoms with Gasteiger partial charge < -0.3 is 4.74 Å². The lowest BCUT2D eigenvalue weighted by Gasteiger charge is -2.11. The number of hydrogen-bond acceptors (Lipinski definition) is 3. The van der Waals surface area contributed by atoms with E-state index in [0.717, 1.165) is 5.56 Å². The van der Waals surface area contributed by atoms with Crippen LogP contribution >= 0.6 is 55.1 Å². The van der Waals surface area contributed by atoms with Gasteiger partial charge in [0, 0.05) is 33.5 Å². The zero-order valence-electron chi connectivity index (χ0n) is 12.3. The van der Waals surface area contributed by atoms with Crippen LogP contribution in [0.5, 0.6) is 5.75 Å². The van der Waals surface area contributed by atoms with Crippen LogP contribution in [0.15, 0.2) is 36.4 Å². The van der Waals surface area contributed by atoms with E-state index in [2.05, 4.69) is 31.9 Å². The topological polar surface area (TPSA) is 43.4 Å². The Hall–Kier alpha value is -0.880. The second kappa shape index (κ2) is 8.99. The Morgan fingerprint density at radius 2 is 1.71 bits per heavy atom. The highest BCUT2D eigenvalue weighted by atomic mass is 79.9. The van der Waals surface area contributed by atoms with Gasteiger partial charge in [0.2, 0.25) is 4.69 Å². The van der Waals surface area contributed by atoms with Crippen LogP contribution in [0.2, 0.25) is 10.0 Å². The van der Waals surface area contributed by atoms with Crippen molar-refractivity contribution in [3.05, 3.63) is 63.1 Å². The maximum absolute atomic E-state index is 12.3. The molecule has 0 saturated carbocycles. The summed E-state index contributed by atoms with van der Waals surface area (Å²) in [5.74, 6) is 0.289. The van der Waals surface area contributed by atoms with Gasteiger partial charge in [-0.25, -0.2) is 0 Å². The highest BCUT2D eigenvalue weighted by Crippen LogP contribution is 2.34. The number of alkyl halides is 1. The molecule has 0 atom stereocenters. The number of rotatable bonds is 7.